The van der Waals surface area contributed by atoms with Crippen molar-refractivity contribution in [3.63, 3.8) is 0 Å². The number of rotatable bonds is 5. The van der Waals surface area contributed by atoms with Crippen molar-refractivity contribution in [2.24, 2.45) is 0 Å². The highest BCUT2D eigenvalue weighted by Crippen LogP contribution is 2.12. The maximum Gasteiger partial charge on any atom is 0.333 e. The molecule has 0 spiro atoms. The summed E-state index contributed by atoms with van der Waals surface area (Å²) in [6.45, 7) is 1.84. The Balaban J connectivity index is 1.75. The molecule has 146 valence electrons. The largest absolute Gasteiger partial charge is 0.333 e. The number of benzene rings is 1. The standard InChI is InChI=1S/C21H18N4O3S/c1-14-5-2-6-15(11-14)23-18(26)13-24-19-17(8-3-9-22-19)20(27)25(21(24)28)12-16-7-4-10-29-16/h2-11H,12-13H2,1H3,(H,23,26). The first-order valence-electron chi connectivity index (χ1n) is 9.00. The molecule has 0 aliphatic carbocycles. The summed E-state index contributed by atoms with van der Waals surface area (Å²) in [6, 6.07) is 14.4. The van der Waals surface area contributed by atoms with Crippen LogP contribution in [-0.4, -0.2) is 20.0 Å². The number of hydrogen-bond acceptors (Lipinski definition) is 5. The second-order valence-electron chi connectivity index (χ2n) is 6.63. The number of carbonyl (C=O) groups excluding carboxylic acids is 1. The molecular formula is C21H18N4O3S. The summed E-state index contributed by atoms with van der Waals surface area (Å²) in [4.78, 5) is 43.6. The van der Waals surface area contributed by atoms with E-state index < -0.39 is 11.2 Å². The Hall–Kier alpha value is -3.52. The Morgan fingerprint density at radius 2 is 1.97 bits per heavy atom. The van der Waals surface area contributed by atoms with E-state index in [0.717, 1.165) is 15.0 Å². The van der Waals surface area contributed by atoms with Crippen LogP contribution in [0.25, 0.3) is 11.0 Å². The fraction of sp³-hybridized carbons (Fsp3) is 0.143. The van der Waals surface area contributed by atoms with E-state index in [0.29, 0.717) is 11.1 Å². The second-order valence-corrected chi connectivity index (χ2v) is 7.66. The van der Waals surface area contributed by atoms with E-state index in [2.05, 4.69) is 10.3 Å². The highest BCUT2D eigenvalue weighted by atomic mass is 32.1. The lowest BCUT2D eigenvalue weighted by atomic mass is 10.2. The van der Waals surface area contributed by atoms with Crippen LogP contribution >= 0.6 is 11.3 Å². The van der Waals surface area contributed by atoms with Gasteiger partial charge in [-0.3, -0.25) is 18.7 Å². The van der Waals surface area contributed by atoms with Crippen molar-refractivity contribution < 1.29 is 4.79 Å². The topological polar surface area (TPSA) is 86.0 Å². The van der Waals surface area contributed by atoms with Gasteiger partial charge >= 0.3 is 5.69 Å². The van der Waals surface area contributed by atoms with Gasteiger partial charge in [-0.25, -0.2) is 9.78 Å². The Morgan fingerprint density at radius 1 is 1.10 bits per heavy atom. The number of amides is 1. The van der Waals surface area contributed by atoms with Crippen molar-refractivity contribution in [3.8, 4) is 0 Å². The molecule has 0 atom stereocenters. The van der Waals surface area contributed by atoms with Gasteiger partial charge in [0.15, 0.2) is 0 Å². The fourth-order valence-electron chi connectivity index (χ4n) is 3.15. The number of aryl methyl sites for hydroxylation is 1. The first-order chi connectivity index (χ1) is 14.0. The summed E-state index contributed by atoms with van der Waals surface area (Å²) in [5.74, 6) is -0.369. The number of hydrogen-bond donors (Lipinski definition) is 1. The van der Waals surface area contributed by atoms with Gasteiger partial charge in [-0.05, 0) is 48.2 Å². The van der Waals surface area contributed by atoms with Crippen molar-refractivity contribution in [1.29, 1.82) is 0 Å². The third-order valence-corrected chi connectivity index (χ3v) is 5.34. The zero-order chi connectivity index (χ0) is 20.4. The highest BCUT2D eigenvalue weighted by molar-refractivity contribution is 7.09. The van der Waals surface area contributed by atoms with Gasteiger partial charge in [-0.2, -0.15) is 0 Å². The van der Waals surface area contributed by atoms with Gasteiger partial charge in [-0.1, -0.05) is 18.2 Å². The minimum atomic E-state index is -0.561. The molecule has 29 heavy (non-hydrogen) atoms. The van der Waals surface area contributed by atoms with E-state index in [9.17, 15) is 14.4 Å². The van der Waals surface area contributed by atoms with Crippen molar-refractivity contribution >= 4 is 34.0 Å². The Morgan fingerprint density at radius 3 is 2.72 bits per heavy atom. The number of nitrogens with one attached hydrogen (secondary N) is 1. The maximum absolute atomic E-state index is 13.1. The second kappa shape index (κ2) is 7.84. The molecule has 4 rings (SSSR count). The SMILES string of the molecule is Cc1cccc(NC(=O)Cn2c(=O)n(Cc3cccs3)c(=O)c3cccnc32)c1. The minimum absolute atomic E-state index is 0.152. The number of nitrogens with zero attached hydrogens (tertiary/aromatic N) is 3. The van der Waals surface area contributed by atoms with Crippen LogP contribution in [0.1, 0.15) is 10.4 Å². The number of carbonyl (C=O) groups is 1. The normalized spacial score (nSPS) is 10.9. The molecule has 3 heterocycles. The molecule has 8 heteroatoms. The quantitative estimate of drug-likeness (QED) is 0.552. The number of anilines is 1. The third kappa shape index (κ3) is 3.88. The molecule has 0 radical (unpaired) electrons. The molecular weight excluding hydrogens is 388 g/mol. The smallest absolute Gasteiger partial charge is 0.325 e. The van der Waals surface area contributed by atoms with E-state index >= 15 is 0 Å². The van der Waals surface area contributed by atoms with Crippen molar-refractivity contribution in [1.82, 2.24) is 14.1 Å². The number of pyridine rings is 1. The van der Waals surface area contributed by atoms with Gasteiger partial charge in [0.25, 0.3) is 5.56 Å². The van der Waals surface area contributed by atoms with Crippen molar-refractivity contribution in [2.45, 2.75) is 20.0 Å². The molecule has 7 nitrogen and oxygen atoms in total. The van der Waals surface area contributed by atoms with E-state index in [1.165, 1.54) is 22.1 Å². The van der Waals surface area contributed by atoms with Crippen LogP contribution in [0.4, 0.5) is 5.69 Å². The molecule has 0 saturated carbocycles. The zero-order valence-corrected chi connectivity index (χ0v) is 16.5. The van der Waals surface area contributed by atoms with E-state index in [1.807, 2.05) is 42.6 Å². The van der Waals surface area contributed by atoms with Gasteiger partial charge < -0.3 is 5.32 Å². The molecule has 1 N–H and O–H groups in total. The molecule has 0 fully saturated rings. The number of thiophene rings is 1. The van der Waals surface area contributed by atoms with Crippen LogP contribution in [0.15, 0.2) is 69.7 Å². The predicted octanol–water partition coefficient (Wildman–Crippen LogP) is 2.62. The molecule has 0 unspecified atom stereocenters. The average Bonchev–Trinajstić information content (AvgIpc) is 3.22. The molecule has 0 aliphatic rings. The van der Waals surface area contributed by atoms with Gasteiger partial charge in [0.2, 0.25) is 5.91 Å². The third-order valence-electron chi connectivity index (χ3n) is 4.48. The summed E-state index contributed by atoms with van der Waals surface area (Å²) >= 11 is 1.46. The van der Waals surface area contributed by atoms with Gasteiger partial charge in [0.05, 0.1) is 11.9 Å². The maximum atomic E-state index is 13.1. The monoisotopic (exact) mass is 406 g/mol. The van der Waals surface area contributed by atoms with Crippen molar-refractivity contribution in [3.05, 3.63) is 91.4 Å². The first-order valence-corrected chi connectivity index (χ1v) is 9.88. The van der Waals surface area contributed by atoms with Crippen LogP contribution in [0.3, 0.4) is 0 Å². The Labute approximate surface area is 169 Å². The predicted molar refractivity (Wildman–Crippen MR) is 113 cm³/mol. The highest BCUT2D eigenvalue weighted by Gasteiger charge is 2.17. The van der Waals surface area contributed by atoms with E-state index in [-0.39, 0.29) is 24.6 Å². The van der Waals surface area contributed by atoms with Gasteiger partial charge in [0, 0.05) is 16.8 Å². The van der Waals surface area contributed by atoms with Crippen LogP contribution < -0.4 is 16.6 Å². The summed E-state index contributed by atoms with van der Waals surface area (Å²) in [5, 5.41) is 4.97. The zero-order valence-electron chi connectivity index (χ0n) is 15.7. The lowest BCUT2D eigenvalue weighted by Gasteiger charge is -2.13. The molecule has 1 aromatic carbocycles. The summed E-state index contributed by atoms with van der Waals surface area (Å²) in [7, 11) is 0. The lowest BCUT2D eigenvalue weighted by Crippen LogP contribution is -2.42. The number of aromatic nitrogens is 3. The average molecular weight is 406 g/mol. The summed E-state index contributed by atoms with van der Waals surface area (Å²) in [6.07, 6.45) is 1.50. The van der Waals surface area contributed by atoms with Crippen LogP contribution in [-0.2, 0) is 17.9 Å². The van der Waals surface area contributed by atoms with E-state index in [1.54, 1.807) is 18.2 Å². The summed E-state index contributed by atoms with van der Waals surface area (Å²) in [5.41, 5.74) is 0.879. The summed E-state index contributed by atoms with van der Waals surface area (Å²) < 4.78 is 2.39. The first kappa shape index (κ1) is 18.8. The fourth-order valence-corrected chi connectivity index (χ4v) is 3.85. The molecule has 0 saturated heterocycles. The lowest BCUT2D eigenvalue weighted by molar-refractivity contribution is -0.116. The van der Waals surface area contributed by atoms with Crippen molar-refractivity contribution in [2.75, 3.05) is 5.32 Å². The van der Waals surface area contributed by atoms with E-state index in [4.69, 9.17) is 0 Å². The Bertz CT molecular complexity index is 1310. The Kier molecular flexibility index (Phi) is 5.09. The van der Waals surface area contributed by atoms with Crippen LogP contribution in [0.2, 0.25) is 0 Å². The van der Waals surface area contributed by atoms with Crippen LogP contribution in [0.5, 0.6) is 0 Å². The molecule has 0 bridgehead atoms. The minimum Gasteiger partial charge on any atom is -0.325 e. The van der Waals surface area contributed by atoms with Gasteiger partial charge in [0.1, 0.15) is 12.2 Å². The molecule has 4 aromatic rings. The molecule has 3 aromatic heterocycles. The van der Waals surface area contributed by atoms with Gasteiger partial charge in [-0.15, -0.1) is 11.3 Å². The molecule has 0 aliphatic heterocycles. The number of fused-ring (bicyclic) bond motifs is 1. The molecule has 1 amide bonds. The van der Waals surface area contributed by atoms with Crippen LogP contribution in [0, 0.1) is 6.92 Å².